The van der Waals surface area contributed by atoms with E-state index in [0.717, 1.165) is 24.8 Å². The third-order valence-electron chi connectivity index (χ3n) is 4.75. The first-order valence-corrected chi connectivity index (χ1v) is 8.27. The van der Waals surface area contributed by atoms with Gasteiger partial charge < -0.3 is 10.6 Å². The Kier molecular flexibility index (Phi) is 3.86. The molecule has 0 spiro atoms. The summed E-state index contributed by atoms with van der Waals surface area (Å²) in [6, 6.07) is 7.85. The highest BCUT2D eigenvalue weighted by molar-refractivity contribution is 9.10. The van der Waals surface area contributed by atoms with E-state index in [1.165, 1.54) is 41.5 Å². The average Bonchev–Trinajstić information content (AvgIpc) is 3.01. The van der Waals surface area contributed by atoms with Crippen molar-refractivity contribution in [3.63, 3.8) is 0 Å². The first-order chi connectivity index (χ1) is 9.17. The molecule has 1 saturated heterocycles. The van der Waals surface area contributed by atoms with Gasteiger partial charge in [-0.3, -0.25) is 0 Å². The molecule has 1 aromatic carbocycles. The van der Waals surface area contributed by atoms with Gasteiger partial charge in [0.15, 0.2) is 0 Å². The molecule has 19 heavy (non-hydrogen) atoms. The number of piperidine rings is 1. The minimum atomic E-state index is 0.278. The quantitative estimate of drug-likeness (QED) is 0.915. The fraction of sp³-hybridized carbons (Fsp3) is 0.625. The molecule has 2 bridgehead atoms. The maximum atomic E-state index is 6.04. The van der Waals surface area contributed by atoms with Crippen LogP contribution in [0.5, 0.6) is 0 Å². The lowest BCUT2D eigenvalue weighted by Crippen LogP contribution is -2.32. The van der Waals surface area contributed by atoms with Gasteiger partial charge in [-0.1, -0.05) is 13.0 Å². The van der Waals surface area contributed by atoms with Crippen molar-refractivity contribution >= 4 is 21.6 Å². The molecular weight excluding hydrogens is 300 g/mol. The van der Waals surface area contributed by atoms with Gasteiger partial charge in [-0.05, 0) is 71.6 Å². The van der Waals surface area contributed by atoms with Crippen LogP contribution in [0.4, 0.5) is 5.69 Å². The summed E-state index contributed by atoms with van der Waals surface area (Å²) in [5.74, 6) is 0.935. The van der Waals surface area contributed by atoms with Gasteiger partial charge in [-0.2, -0.15) is 0 Å². The van der Waals surface area contributed by atoms with Gasteiger partial charge in [0, 0.05) is 23.1 Å². The fourth-order valence-corrected chi connectivity index (χ4v) is 4.23. The summed E-state index contributed by atoms with van der Waals surface area (Å²) in [6.07, 6.45) is 6.22. The fourth-order valence-electron chi connectivity index (χ4n) is 3.58. The van der Waals surface area contributed by atoms with Crippen LogP contribution in [-0.2, 0) is 6.42 Å². The second-order valence-corrected chi connectivity index (χ2v) is 7.00. The van der Waals surface area contributed by atoms with Crippen molar-refractivity contribution < 1.29 is 0 Å². The maximum absolute atomic E-state index is 6.04. The molecule has 2 N–H and O–H groups in total. The lowest BCUT2D eigenvalue weighted by Gasteiger charge is -2.30. The average molecular weight is 323 g/mol. The maximum Gasteiger partial charge on any atom is 0.0513 e. The number of benzene rings is 1. The summed E-state index contributed by atoms with van der Waals surface area (Å²) in [5.41, 5.74) is 8.76. The molecule has 1 aliphatic heterocycles. The number of hydrogen-bond acceptors (Lipinski definition) is 2. The van der Waals surface area contributed by atoms with Gasteiger partial charge >= 0.3 is 0 Å². The lowest BCUT2D eigenvalue weighted by atomic mass is 10.0. The van der Waals surface area contributed by atoms with Crippen LogP contribution in [0.3, 0.4) is 0 Å². The second-order valence-electron chi connectivity index (χ2n) is 6.14. The predicted octanol–water partition coefficient (Wildman–Crippen LogP) is 3.72. The van der Waals surface area contributed by atoms with E-state index in [4.69, 9.17) is 5.73 Å². The summed E-state index contributed by atoms with van der Waals surface area (Å²) in [4.78, 5) is 2.60. The van der Waals surface area contributed by atoms with Crippen LogP contribution >= 0.6 is 15.9 Å². The molecule has 1 aromatic rings. The third kappa shape index (κ3) is 2.68. The molecule has 1 heterocycles. The van der Waals surface area contributed by atoms with Crippen molar-refractivity contribution in [3.05, 3.63) is 28.2 Å². The largest absolute Gasteiger partial charge is 0.367 e. The van der Waals surface area contributed by atoms with Gasteiger partial charge in [-0.25, -0.2) is 0 Å². The molecule has 1 saturated carbocycles. The van der Waals surface area contributed by atoms with E-state index >= 15 is 0 Å². The minimum Gasteiger partial charge on any atom is -0.367 e. The van der Waals surface area contributed by atoms with E-state index in [1.54, 1.807) is 0 Å². The van der Waals surface area contributed by atoms with Crippen LogP contribution in [0.25, 0.3) is 0 Å². The molecule has 0 radical (unpaired) electrons. The van der Waals surface area contributed by atoms with E-state index in [-0.39, 0.29) is 6.04 Å². The number of rotatable bonds is 4. The van der Waals surface area contributed by atoms with Crippen molar-refractivity contribution in [3.8, 4) is 0 Å². The number of anilines is 1. The SMILES string of the molecule is CCC(N)Cc1ccc(N2CC3CCC2C3)c(Br)c1. The summed E-state index contributed by atoms with van der Waals surface area (Å²) < 4.78 is 1.24. The standard InChI is InChI=1S/C16H23BrN2/c1-2-13(18)7-11-4-6-16(15(17)9-11)19-10-12-3-5-14(19)8-12/h4,6,9,12-14H,2-3,5,7-8,10,18H2,1H3. The summed E-state index contributed by atoms with van der Waals surface area (Å²) in [7, 11) is 0. The molecule has 2 fully saturated rings. The molecule has 2 aliphatic rings. The highest BCUT2D eigenvalue weighted by atomic mass is 79.9. The van der Waals surface area contributed by atoms with E-state index in [0.29, 0.717) is 0 Å². The second kappa shape index (κ2) is 5.45. The zero-order valence-electron chi connectivity index (χ0n) is 11.6. The molecule has 3 unspecified atom stereocenters. The van der Waals surface area contributed by atoms with Crippen molar-refractivity contribution in [1.82, 2.24) is 0 Å². The van der Waals surface area contributed by atoms with Crippen LogP contribution in [0.2, 0.25) is 0 Å². The minimum absolute atomic E-state index is 0.278. The Morgan fingerprint density at radius 2 is 2.26 bits per heavy atom. The highest BCUT2D eigenvalue weighted by Crippen LogP contribution is 2.42. The van der Waals surface area contributed by atoms with Crippen LogP contribution < -0.4 is 10.6 Å². The number of hydrogen-bond donors (Lipinski definition) is 1. The summed E-state index contributed by atoms with van der Waals surface area (Å²) in [6.45, 7) is 3.39. The number of fused-ring (bicyclic) bond motifs is 2. The van der Waals surface area contributed by atoms with E-state index in [9.17, 15) is 0 Å². The highest BCUT2D eigenvalue weighted by Gasteiger charge is 2.38. The van der Waals surface area contributed by atoms with Gasteiger partial charge in [0.25, 0.3) is 0 Å². The van der Waals surface area contributed by atoms with Crippen LogP contribution in [-0.4, -0.2) is 18.6 Å². The molecule has 3 rings (SSSR count). The molecule has 104 valence electrons. The molecule has 3 heteroatoms. The van der Waals surface area contributed by atoms with Gasteiger partial charge in [0.2, 0.25) is 0 Å². The molecule has 0 aromatic heterocycles. The van der Waals surface area contributed by atoms with E-state index < -0.39 is 0 Å². The Hall–Kier alpha value is -0.540. The molecule has 1 aliphatic carbocycles. The number of nitrogens with zero attached hydrogens (tertiary/aromatic N) is 1. The predicted molar refractivity (Wildman–Crippen MR) is 84.6 cm³/mol. The molecule has 2 nitrogen and oxygen atoms in total. The Bertz CT molecular complexity index is 460. The topological polar surface area (TPSA) is 29.3 Å². The third-order valence-corrected chi connectivity index (χ3v) is 5.39. The van der Waals surface area contributed by atoms with Gasteiger partial charge in [-0.15, -0.1) is 0 Å². The summed E-state index contributed by atoms with van der Waals surface area (Å²) in [5, 5.41) is 0. The van der Waals surface area contributed by atoms with Crippen molar-refractivity contribution in [2.45, 2.75) is 51.1 Å². The molecular formula is C16H23BrN2. The van der Waals surface area contributed by atoms with Gasteiger partial charge in [0.05, 0.1) is 5.69 Å². The van der Waals surface area contributed by atoms with Gasteiger partial charge in [0.1, 0.15) is 0 Å². The Labute approximate surface area is 124 Å². The van der Waals surface area contributed by atoms with Crippen LogP contribution in [0, 0.1) is 5.92 Å². The summed E-state index contributed by atoms with van der Waals surface area (Å²) >= 11 is 3.76. The zero-order valence-corrected chi connectivity index (χ0v) is 13.2. The zero-order chi connectivity index (χ0) is 13.4. The number of halogens is 1. The smallest absolute Gasteiger partial charge is 0.0513 e. The number of nitrogens with two attached hydrogens (primary N) is 1. The Morgan fingerprint density at radius 1 is 1.42 bits per heavy atom. The first-order valence-electron chi connectivity index (χ1n) is 7.48. The van der Waals surface area contributed by atoms with Crippen LogP contribution in [0.15, 0.2) is 22.7 Å². The van der Waals surface area contributed by atoms with E-state index in [1.807, 2.05) is 0 Å². The molecule has 3 atom stereocenters. The van der Waals surface area contributed by atoms with Crippen molar-refractivity contribution in [2.75, 3.05) is 11.4 Å². The monoisotopic (exact) mass is 322 g/mol. The Morgan fingerprint density at radius 3 is 2.84 bits per heavy atom. The first kappa shape index (κ1) is 13.4. The van der Waals surface area contributed by atoms with Crippen LogP contribution in [0.1, 0.15) is 38.2 Å². The van der Waals surface area contributed by atoms with Crippen molar-refractivity contribution in [2.24, 2.45) is 11.7 Å². The normalized spacial score (nSPS) is 27.0. The van der Waals surface area contributed by atoms with E-state index in [2.05, 4.69) is 46.0 Å². The van der Waals surface area contributed by atoms with Crippen molar-refractivity contribution in [1.29, 1.82) is 0 Å². The molecule has 0 amide bonds. The lowest BCUT2D eigenvalue weighted by molar-refractivity contribution is 0.553. The Balaban J connectivity index is 1.76.